The fourth-order valence-electron chi connectivity index (χ4n) is 3.23. The molecule has 0 spiro atoms. The Labute approximate surface area is 197 Å². The number of phenolic OH excluding ortho intramolecular Hbond substituents is 1. The largest absolute Gasteiger partial charge is 0.507 e. The molecular formula is C24H16N4O7. The predicted octanol–water partition coefficient (Wildman–Crippen LogP) is 4.92. The lowest BCUT2D eigenvalue weighted by Gasteiger charge is -2.07. The SMILES string of the molecule is O=C(NN=Cc1ccc(Oc2ccc([N+](=O)[O-])cc2[N+](=O)[O-])cc1)c1cc2ccccc2cc1O. The second-order valence-electron chi connectivity index (χ2n) is 7.25. The van der Waals surface area contributed by atoms with E-state index in [-0.39, 0.29) is 22.8 Å². The lowest BCUT2D eigenvalue weighted by atomic mass is 10.1. The average Bonchev–Trinajstić information content (AvgIpc) is 2.84. The maximum atomic E-state index is 12.4. The molecule has 0 fully saturated rings. The van der Waals surface area contributed by atoms with Gasteiger partial charge in [-0.1, -0.05) is 24.3 Å². The Kier molecular flexibility index (Phi) is 6.31. The summed E-state index contributed by atoms with van der Waals surface area (Å²) in [6.07, 6.45) is 1.37. The van der Waals surface area contributed by atoms with Gasteiger partial charge in [-0.15, -0.1) is 0 Å². The Balaban J connectivity index is 1.43. The molecule has 0 heterocycles. The number of fused-ring (bicyclic) bond motifs is 1. The minimum absolute atomic E-state index is 0.0780. The van der Waals surface area contributed by atoms with E-state index >= 15 is 0 Å². The van der Waals surface area contributed by atoms with Gasteiger partial charge in [-0.05, 0) is 58.8 Å². The van der Waals surface area contributed by atoms with Gasteiger partial charge in [-0.25, -0.2) is 5.43 Å². The highest BCUT2D eigenvalue weighted by molar-refractivity contribution is 6.01. The summed E-state index contributed by atoms with van der Waals surface area (Å²) in [4.78, 5) is 33.0. The standard InChI is InChI=1S/C24H16N4O7/c29-22-12-17-4-2-1-3-16(17)11-20(22)24(30)26-25-14-15-5-8-19(9-6-15)35-23-10-7-18(27(31)32)13-21(23)28(33)34/h1-14,29H,(H,26,30). The Morgan fingerprint density at radius 3 is 2.26 bits per heavy atom. The second-order valence-corrected chi connectivity index (χ2v) is 7.25. The summed E-state index contributed by atoms with van der Waals surface area (Å²) in [6, 6.07) is 19.7. The molecule has 0 aromatic heterocycles. The van der Waals surface area contributed by atoms with Crippen molar-refractivity contribution in [2.45, 2.75) is 0 Å². The predicted molar refractivity (Wildman–Crippen MR) is 127 cm³/mol. The van der Waals surface area contributed by atoms with Gasteiger partial charge >= 0.3 is 5.69 Å². The van der Waals surface area contributed by atoms with Crippen LogP contribution in [0.3, 0.4) is 0 Å². The smallest absolute Gasteiger partial charge is 0.318 e. The van der Waals surface area contributed by atoms with Crippen molar-refractivity contribution in [3.8, 4) is 17.2 Å². The number of ether oxygens (including phenoxy) is 1. The molecule has 11 nitrogen and oxygen atoms in total. The van der Waals surface area contributed by atoms with Crippen LogP contribution in [-0.4, -0.2) is 27.1 Å². The van der Waals surface area contributed by atoms with Crippen LogP contribution in [0, 0.1) is 20.2 Å². The Morgan fingerprint density at radius 2 is 1.60 bits per heavy atom. The van der Waals surface area contributed by atoms with Crippen LogP contribution < -0.4 is 10.2 Å². The van der Waals surface area contributed by atoms with Crippen LogP contribution in [0.25, 0.3) is 10.8 Å². The lowest BCUT2D eigenvalue weighted by Crippen LogP contribution is -2.17. The number of phenols is 1. The zero-order chi connectivity index (χ0) is 24.9. The molecule has 4 rings (SSSR count). The van der Waals surface area contributed by atoms with Crippen molar-refractivity contribution in [3.05, 3.63) is 110 Å². The molecule has 0 aliphatic carbocycles. The Morgan fingerprint density at radius 1 is 0.914 bits per heavy atom. The van der Waals surface area contributed by atoms with Gasteiger partial charge in [0.25, 0.3) is 11.6 Å². The number of nitro groups is 2. The van der Waals surface area contributed by atoms with Crippen molar-refractivity contribution in [3.63, 3.8) is 0 Å². The number of hydrogen-bond donors (Lipinski definition) is 2. The number of amides is 1. The van der Waals surface area contributed by atoms with Crippen LogP contribution in [0.4, 0.5) is 11.4 Å². The van der Waals surface area contributed by atoms with Crippen molar-refractivity contribution < 1.29 is 24.5 Å². The van der Waals surface area contributed by atoms with E-state index in [0.717, 1.165) is 29.0 Å². The molecule has 0 saturated heterocycles. The van der Waals surface area contributed by atoms with E-state index < -0.39 is 27.1 Å². The molecule has 0 bridgehead atoms. The molecule has 0 aliphatic heterocycles. The topological polar surface area (TPSA) is 157 Å². The Bertz CT molecular complexity index is 1480. The number of nitrogens with zero attached hydrogens (tertiary/aromatic N) is 3. The first kappa shape index (κ1) is 22.9. The number of aromatic hydroxyl groups is 1. The van der Waals surface area contributed by atoms with Gasteiger partial charge in [-0.2, -0.15) is 5.10 Å². The summed E-state index contributed by atoms with van der Waals surface area (Å²) in [5.41, 5.74) is 2.05. The lowest BCUT2D eigenvalue weighted by molar-refractivity contribution is -0.394. The molecule has 0 atom stereocenters. The zero-order valence-electron chi connectivity index (χ0n) is 17.8. The van der Waals surface area contributed by atoms with Crippen LogP contribution in [0.5, 0.6) is 17.2 Å². The van der Waals surface area contributed by atoms with Crippen LogP contribution in [0.1, 0.15) is 15.9 Å². The molecule has 1 amide bonds. The van der Waals surface area contributed by atoms with E-state index in [9.17, 15) is 30.1 Å². The molecule has 2 N–H and O–H groups in total. The first-order valence-corrected chi connectivity index (χ1v) is 10.1. The monoisotopic (exact) mass is 472 g/mol. The second kappa shape index (κ2) is 9.67. The van der Waals surface area contributed by atoms with Crippen LogP contribution in [-0.2, 0) is 0 Å². The van der Waals surface area contributed by atoms with E-state index in [1.54, 1.807) is 18.2 Å². The number of nitrogens with one attached hydrogen (secondary N) is 1. The van der Waals surface area contributed by atoms with Crippen LogP contribution >= 0.6 is 0 Å². The van der Waals surface area contributed by atoms with E-state index in [1.165, 1.54) is 24.4 Å². The Hall–Kier alpha value is -5.32. The number of rotatable bonds is 7. The zero-order valence-corrected chi connectivity index (χ0v) is 17.8. The summed E-state index contributed by atoms with van der Waals surface area (Å²) < 4.78 is 5.50. The summed E-state index contributed by atoms with van der Waals surface area (Å²) in [5, 5.41) is 37.7. The van der Waals surface area contributed by atoms with Gasteiger partial charge < -0.3 is 9.84 Å². The highest BCUT2D eigenvalue weighted by Gasteiger charge is 2.21. The fraction of sp³-hybridized carbons (Fsp3) is 0. The third-order valence-corrected chi connectivity index (χ3v) is 4.95. The van der Waals surface area contributed by atoms with Gasteiger partial charge in [0.2, 0.25) is 5.75 Å². The van der Waals surface area contributed by atoms with E-state index in [0.29, 0.717) is 5.56 Å². The highest BCUT2D eigenvalue weighted by atomic mass is 16.6. The van der Waals surface area contributed by atoms with E-state index in [2.05, 4.69) is 10.5 Å². The van der Waals surface area contributed by atoms with E-state index in [4.69, 9.17) is 4.74 Å². The molecule has 0 aliphatic rings. The highest BCUT2D eigenvalue weighted by Crippen LogP contribution is 2.34. The average molecular weight is 472 g/mol. The van der Waals surface area contributed by atoms with Crippen LogP contribution in [0.15, 0.2) is 84.0 Å². The third kappa shape index (κ3) is 5.20. The molecule has 0 saturated carbocycles. The summed E-state index contributed by atoms with van der Waals surface area (Å²) in [7, 11) is 0. The minimum atomic E-state index is -0.765. The van der Waals surface area contributed by atoms with Crippen molar-refractivity contribution in [1.29, 1.82) is 0 Å². The van der Waals surface area contributed by atoms with Crippen molar-refractivity contribution in [2.24, 2.45) is 5.10 Å². The summed E-state index contributed by atoms with van der Waals surface area (Å²) in [5.74, 6) is -0.651. The molecule has 4 aromatic rings. The normalized spacial score (nSPS) is 10.9. The number of hydrazone groups is 1. The number of non-ortho nitro benzene ring substituents is 1. The number of hydrogen-bond acceptors (Lipinski definition) is 8. The van der Waals surface area contributed by atoms with Gasteiger partial charge in [-0.3, -0.25) is 25.0 Å². The molecule has 0 radical (unpaired) electrons. The summed E-state index contributed by atoms with van der Waals surface area (Å²) in [6.45, 7) is 0. The van der Waals surface area contributed by atoms with Gasteiger partial charge in [0, 0.05) is 6.07 Å². The first-order chi connectivity index (χ1) is 16.8. The quantitative estimate of drug-likeness (QED) is 0.219. The third-order valence-electron chi connectivity index (χ3n) is 4.95. The summed E-state index contributed by atoms with van der Waals surface area (Å²) >= 11 is 0. The van der Waals surface area contributed by atoms with Crippen molar-refractivity contribution >= 4 is 34.3 Å². The number of carbonyl (C=O) groups is 1. The number of benzene rings is 4. The maximum absolute atomic E-state index is 12.4. The van der Waals surface area contributed by atoms with Gasteiger partial charge in [0.1, 0.15) is 11.5 Å². The molecule has 0 unspecified atom stereocenters. The molecule has 4 aromatic carbocycles. The molecule has 35 heavy (non-hydrogen) atoms. The first-order valence-electron chi connectivity index (χ1n) is 10.1. The number of carbonyl (C=O) groups excluding carboxylic acids is 1. The molecule has 11 heteroatoms. The van der Waals surface area contributed by atoms with Crippen LogP contribution in [0.2, 0.25) is 0 Å². The molecule has 174 valence electrons. The van der Waals surface area contributed by atoms with E-state index in [1.807, 2.05) is 24.3 Å². The van der Waals surface area contributed by atoms with Gasteiger partial charge in [0.15, 0.2) is 0 Å². The van der Waals surface area contributed by atoms with Gasteiger partial charge in [0.05, 0.1) is 27.7 Å². The van der Waals surface area contributed by atoms with Crippen molar-refractivity contribution in [1.82, 2.24) is 5.43 Å². The number of nitro benzene ring substituents is 2. The minimum Gasteiger partial charge on any atom is -0.507 e. The fourth-order valence-corrected chi connectivity index (χ4v) is 3.23. The maximum Gasteiger partial charge on any atom is 0.318 e. The molecular weight excluding hydrogens is 456 g/mol. The van der Waals surface area contributed by atoms with Crippen molar-refractivity contribution in [2.75, 3.05) is 0 Å².